The first-order valence-corrected chi connectivity index (χ1v) is 3.04. The minimum absolute atomic E-state index is 0.178. The Kier molecular flexibility index (Phi) is 2.05. The van der Waals surface area contributed by atoms with Crippen molar-refractivity contribution >= 4 is 0 Å². The maximum atomic E-state index is 12.0. The van der Waals surface area contributed by atoms with Crippen molar-refractivity contribution in [2.75, 3.05) is 0 Å². The summed E-state index contributed by atoms with van der Waals surface area (Å²) >= 11 is 0. The molecule has 0 spiro atoms. The molecule has 0 amide bonds. The number of alkyl halides is 3. The van der Waals surface area contributed by atoms with Gasteiger partial charge >= 0.3 is 6.18 Å². The molecule has 4 heteroatoms. The Morgan fingerprint density at radius 2 is 2.08 bits per heavy atom. The van der Waals surface area contributed by atoms with Crippen molar-refractivity contribution in [1.82, 2.24) is 4.98 Å². The van der Waals surface area contributed by atoms with E-state index in [4.69, 9.17) is 6.42 Å². The summed E-state index contributed by atoms with van der Waals surface area (Å²) in [5.74, 6) is 2.10. The summed E-state index contributed by atoms with van der Waals surface area (Å²) in [6.45, 7) is 0. The minimum Gasteiger partial charge on any atom is -0.252 e. The summed E-state index contributed by atoms with van der Waals surface area (Å²) in [7, 11) is 0. The molecule has 1 aromatic heterocycles. The Morgan fingerprint density at radius 1 is 1.42 bits per heavy atom. The van der Waals surface area contributed by atoms with Gasteiger partial charge in [0, 0.05) is 11.8 Å². The van der Waals surface area contributed by atoms with E-state index in [1.165, 1.54) is 6.07 Å². The molecule has 1 heterocycles. The molecule has 1 nitrogen and oxygen atoms in total. The summed E-state index contributed by atoms with van der Waals surface area (Å²) < 4.78 is 35.9. The van der Waals surface area contributed by atoms with Crippen LogP contribution in [0.3, 0.4) is 0 Å². The highest BCUT2D eigenvalue weighted by atomic mass is 19.4. The van der Waals surface area contributed by atoms with Crippen LogP contribution in [0, 0.1) is 12.3 Å². The van der Waals surface area contributed by atoms with Crippen molar-refractivity contribution < 1.29 is 13.2 Å². The van der Waals surface area contributed by atoms with Crippen LogP contribution in [0.5, 0.6) is 0 Å². The molecular formula is C8H4F3N. The highest BCUT2D eigenvalue weighted by Crippen LogP contribution is 2.27. The third kappa shape index (κ3) is 1.76. The topological polar surface area (TPSA) is 12.9 Å². The predicted molar refractivity (Wildman–Crippen MR) is 37.2 cm³/mol. The molecule has 1 rings (SSSR count). The van der Waals surface area contributed by atoms with Crippen molar-refractivity contribution in [1.29, 1.82) is 0 Å². The molecule has 0 aliphatic rings. The Labute approximate surface area is 67.2 Å². The molecule has 1 aromatic rings. The molecule has 62 valence electrons. The van der Waals surface area contributed by atoms with Crippen molar-refractivity contribution in [3.8, 4) is 12.3 Å². The van der Waals surface area contributed by atoms with Gasteiger partial charge < -0.3 is 0 Å². The van der Waals surface area contributed by atoms with E-state index in [2.05, 4.69) is 10.9 Å². The monoisotopic (exact) mass is 171 g/mol. The van der Waals surface area contributed by atoms with Crippen LogP contribution in [-0.4, -0.2) is 4.98 Å². The predicted octanol–water partition coefficient (Wildman–Crippen LogP) is 2.08. The van der Waals surface area contributed by atoms with Gasteiger partial charge in [-0.25, -0.2) is 0 Å². The molecule has 0 fully saturated rings. The molecule has 0 radical (unpaired) electrons. The Morgan fingerprint density at radius 3 is 2.58 bits per heavy atom. The van der Waals surface area contributed by atoms with Crippen LogP contribution in [0.15, 0.2) is 18.3 Å². The SMILES string of the molecule is C#Cc1ccnc(C(F)(F)F)c1. The van der Waals surface area contributed by atoms with Crippen molar-refractivity contribution in [3.63, 3.8) is 0 Å². The van der Waals surface area contributed by atoms with Gasteiger partial charge in [-0.05, 0) is 12.1 Å². The summed E-state index contributed by atoms with van der Waals surface area (Å²) in [5, 5.41) is 0. The first-order valence-electron chi connectivity index (χ1n) is 3.04. The molecule has 0 saturated carbocycles. The quantitative estimate of drug-likeness (QED) is 0.544. The summed E-state index contributed by atoms with van der Waals surface area (Å²) in [4.78, 5) is 3.14. The van der Waals surface area contributed by atoms with Gasteiger partial charge in [0.25, 0.3) is 0 Å². The molecule has 12 heavy (non-hydrogen) atoms. The van der Waals surface area contributed by atoms with Gasteiger partial charge in [0.15, 0.2) is 0 Å². The van der Waals surface area contributed by atoms with E-state index in [-0.39, 0.29) is 5.56 Å². The fourth-order valence-electron chi connectivity index (χ4n) is 0.675. The van der Waals surface area contributed by atoms with Crippen LogP contribution in [0.2, 0.25) is 0 Å². The number of hydrogen-bond acceptors (Lipinski definition) is 1. The highest BCUT2D eigenvalue weighted by Gasteiger charge is 2.32. The Hall–Kier alpha value is -1.50. The van der Waals surface area contributed by atoms with E-state index in [1.54, 1.807) is 0 Å². The molecular weight excluding hydrogens is 167 g/mol. The maximum absolute atomic E-state index is 12.0. The summed E-state index contributed by atoms with van der Waals surface area (Å²) in [6.07, 6.45) is 1.53. The molecule has 0 aliphatic heterocycles. The number of pyridine rings is 1. The lowest BCUT2D eigenvalue weighted by Gasteiger charge is -2.04. The van der Waals surface area contributed by atoms with Crippen molar-refractivity contribution in [2.24, 2.45) is 0 Å². The smallest absolute Gasteiger partial charge is 0.252 e. The number of halogens is 3. The van der Waals surface area contributed by atoms with Crippen LogP contribution >= 0.6 is 0 Å². The lowest BCUT2D eigenvalue weighted by molar-refractivity contribution is -0.141. The van der Waals surface area contributed by atoms with Crippen LogP contribution in [-0.2, 0) is 6.18 Å². The molecule has 0 atom stereocenters. The van der Waals surface area contributed by atoms with E-state index in [1.807, 2.05) is 0 Å². The van der Waals surface area contributed by atoms with E-state index >= 15 is 0 Å². The van der Waals surface area contributed by atoms with Crippen LogP contribution in [0.1, 0.15) is 11.3 Å². The molecule has 0 bridgehead atoms. The highest BCUT2D eigenvalue weighted by molar-refractivity contribution is 5.32. The second kappa shape index (κ2) is 2.86. The van der Waals surface area contributed by atoms with Crippen LogP contribution in [0.4, 0.5) is 13.2 Å². The van der Waals surface area contributed by atoms with Gasteiger partial charge in [-0.1, -0.05) is 5.92 Å². The summed E-state index contributed by atoms with van der Waals surface area (Å²) in [6, 6.07) is 2.18. The lowest BCUT2D eigenvalue weighted by Crippen LogP contribution is -2.07. The van der Waals surface area contributed by atoms with Gasteiger partial charge in [-0.15, -0.1) is 6.42 Å². The zero-order chi connectivity index (χ0) is 9.19. The fraction of sp³-hybridized carbons (Fsp3) is 0.125. The van der Waals surface area contributed by atoms with Gasteiger partial charge in [-0.2, -0.15) is 13.2 Å². The molecule has 0 N–H and O–H groups in total. The fourth-order valence-corrected chi connectivity index (χ4v) is 0.675. The van der Waals surface area contributed by atoms with Gasteiger partial charge in [-0.3, -0.25) is 4.98 Å². The van der Waals surface area contributed by atoms with Crippen molar-refractivity contribution in [2.45, 2.75) is 6.18 Å². The summed E-state index contributed by atoms with van der Waals surface area (Å²) in [5.41, 5.74) is -0.782. The normalized spacial score (nSPS) is 10.8. The zero-order valence-electron chi connectivity index (χ0n) is 5.89. The number of terminal acetylenes is 1. The third-order valence-electron chi connectivity index (χ3n) is 1.22. The van der Waals surface area contributed by atoms with Crippen molar-refractivity contribution in [3.05, 3.63) is 29.6 Å². The number of aromatic nitrogens is 1. The van der Waals surface area contributed by atoms with E-state index < -0.39 is 11.9 Å². The lowest BCUT2D eigenvalue weighted by atomic mass is 10.2. The number of nitrogens with zero attached hydrogens (tertiary/aromatic N) is 1. The molecule has 0 saturated heterocycles. The van der Waals surface area contributed by atoms with Gasteiger partial charge in [0.1, 0.15) is 5.69 Å². The zero-order valence-corrected chi connectivity index (χ0v) is 5.89. The average molecular weight is 171 g/mol. The third-order valence-corrected chi connectivity index (χ3v) is 1.22. The van der Waals surface area contributed by atoms with E-state index in [0.29, 0.717) is 0 Å². The van der Waals surface area contributed by atoms with E-state index in [9.17, 15) is 13.2 Å². The number of hydrogen-bond donors (Lipinski definition) is 0. The minimum atomic E-state index is -4.42. The largest absolute Gasteiger partial charge is 0.433 e. The number of rotatable bonds is 0. The van der Waals surface area contributed by atoms with E-state index in [0.717, 1.165) is 12.3 Å². The van der Waals surface area contributed by atoms with Crippen LogP contribution in [0.25, 0.3) is 0 Å². The second-order valence-corrected chi connectivity index (χ2v) is 2.07. The Balaban J connectivity index is 3.13. The average Bonchev–Trinajstić information content (AvgIpc) is 2.03. The Bertz CT molecular complexity index is 322. The first-order chi connectivity index (χ1) is 5.54. The molecule has 0 aromatic carbocycles. The second-order valence-electron chi connectivity index (χ2n) is 2.07. The van der Waals surface area contributed by atoms with Gasteiger partial charge in [0.05, 0.1) is 0 Å². The van der Waals surface area contributed by atoms with Gasteiger partial charge in [0.2, 0.25) is 0 Å². The first kappa shape index (κ1) is 8.60. The molecule has 0 aliphatic carbocycles. The standard InChI is InChI=1S/C8H4F3N/c1-2-6-3-4-12-7(5-6)8(9,10)11/h1,3-5H. The maximum Gasteiger partial charge on any atom is 0.433 e. The molecule has 0 unspecified atom stereocenters. The van der Waals surface area contributed by atoms with Crippen LogP contribution < -0.4 is 0 Å².